The van der Waals surface area contributed by atoms with Crippen molar-refractivity contribution in [3.63, 3.8) is 0 Å². The van der Waals surface area contributed by atoms with Crippen LogP contribution in [-0.2, 0) is 108 Å². The van der Waals surface area contributed by atoms with Crippen molar-refractivity contribution in [2.24, 2.45) is 59.2 Å². The first-order valence-corrected chi connectivity index (χ1v) is 47.3. The molecule has 2 saturated carbocycles. The molecule has 28 atom stereocenters. The molecule has 730 valence electrons. The molecule has 0 radical (unpaired) electrons. The summed E-state index contributed by atoms with van der Waals surface area (Å²) in [6.07, 6.45) is 1.33. The summed E-state index contributed by atoms with van der Waals surface area (Å²) < 4.78 is 71.9. The molecule has 1 aromatic rings. The van der Waals surface area contributed by atoms with Gasteiger partial charge in [0.15, 0.2) is 11.6 Å². The van der Waals surface area contributed by atoms with Gasteiger partial charge in [0.2, 0.25) is 11.6 Å². The third-order valence-electron chi connectivity index (χ3n) is 28.5. The van der Waals surface area contributed by atoms with Gasteiger partial charge in [-0.05, 0) is 224 Å². The fourth-order valence-corrected chi connectivity index (χ4v) is 20.7. The first-order chi connectivity index (χ1) is 61.8. The van der Waals surface area contributed by atoms with Gasteiger partial charge in [0.05, 0.1) is 74.3 Å². The second-order valence-electron chi connectivity index (χ2n) is 38.6. The van der Waals surface area contributed by atoms with E-state index in [0.717, 1.165) is 9.80 Å². The Labute approximate surface area is 767 Å². The fraction of sp³-hybridized carbons (Fsp3) is 0.755. The zero-order valence-corrected chi connectivity index (χ0v) is 79.4. The molecule has 4 bridgehead atoms. The number of aliphatic hydroxyl groups is 6. The standard InChI is InChI=1S/C98H150N4O28/c1-55-39-57(3)43-81(121-13)87-83(123-15)47-61(7)97(117,129-87)89(109)91(111)101-35-19-17-25-71(101)93(113)127-85(59(5)45-67-31-33-73(103)79(49-67)119-11)63(9)75(105)51-77(107)69(41-55)23-21-37-125-95(115)99-53-65-27-29-66(30-28-65)54-100-96(116)126-38-22-24-70-42-56(2)40-58(4)44-82(122-14)88-84(124-16)48-62(8)98(118,130-88)90(110)92(112)102-36-20-18-26-72(102)94(114)128-86(64(10)76(106)52-78(70)108)60(6)46-68-32-34-74(104)80(50-68)120-12/h27-30,41-42,45-46,55-58,61-64,67-68,71-76,79-88,103-106,117-118H,17-26,31-40,43-44,47-54H2,1-16H3,(H,99,115)(H,100,116)/t55?,56?,57-,58-,61+,62+,63+,64+,67?,68?,71-,72-,73+,74+,75-,76-,79+,80+,81-,82-,83-,84-,85?,86?,87+,88+,97+,98+/m0/s1. The number of hydrogen-bond donors (Lipinski definition) is 8. The molecule has 6 aliphatic heterocycles. The number of piperidine rings is 2. The predicted octanol–water partition coefficient (Wildman–Crippen LogP) is 9.85. The van der Waals surface area contributed by atoms with E-state index in [1.807, 2.05) is 52.0 Å². The third-order valence-corrected chi connectivity index (χ3v) is 28.5. The normalized spacial score (nSPS) is 36.6. The molecule has 130 heavy (non-hydrogen) atoms. The number of alkyl carbamates (subject to hydrolysis) is 2. The maximum Gasteiger partial charge on any atom is 0.407 e. The lowest BCUT2D eigenvalue weighted by atomic mass is 9.81. The number of aliphatic hydroxyl groups excluding tert-OH is 4. The van der Waals surface area contributed by atoms with Crippen molar-refractivity contribution < 1.29 is 135 Å². The number of methoxy groups -OCH3 is 6. The molecule has 1 aromatic carbocycles. The molecule has 2 aliphatic carbocycles. The number of rotatable bonds is 22. The fourth-order valence-electron chi connectivity index (χ4n) is 20.7. The van der Waals surface area contributed by atoms with Crippen LogP contribution in [0.15, 0.2) is 70.9 Å². The lowest BCUT2D eigenvalue weighted by Crippen LogP contribution is -2.64. The van der Waals surface area contributed by atoms with Crippen LogP contribution in [0.5, 0.6) is 0 Å². The Kier molecular flexibility index (Phi) is 40.8. The van der Waals surface area contributed by atoms with Gasteiger partial charge in [0.25, 0.3) is 23.4 Å². The number of hydrogen-bond acceptors (Lipinski definition) is 28. The molecule has 0 spiro atoms. The Morgan fingerprint density at radius 2 is 0.800 bits per heavy atom. The molecular weight excluding hydrogens is 1680 g/mol. The SMILES string of the molecule is CO[C@H]1C[C@@H](C)CC(C)C=C(CCCOC(=O)NCc2ccc(CNC(=O)OCCCC3=CC(C)C[C@H](C)C[C@H](OC)[C@H]4O[C@@](O)(C(=O)C(=O)N5CCCC[C@H]5C(=O)OC(C(C)=CC5CC[C@@H](O)[C@H](OC)C5)[C@H](C)[C@@H](O)CC3=O)[C@H](C)C[C@@H]4OC)cc2)C(=O)C[C@H](O)[C@@H](C)C(C(C)=CC2CC[C@@H](O)[C@H](OC)C2)OC(=O)[C@@H]2CCCCN2C(=O)C(=O)[C@]2(O)O[C@H]1[C@@H](OC)C[C@H]2C. The first-order valence-electron chi connectivity index (χ1n) is 47.3. The van der Waals surface area contributed by atoms with E-state index in [-0.39, 0.29) is 151 Å². The van der Waals surface area contributed by atoms with E-state index >= 15 is 0 Å². The number of fused-ring (bicyclic) bond motifs is 6. The van der Waals surface area contributed by atoms with E-state index in [1.165, 1.54) is 42.7 Å². The number of nitrogens with zero attached hydrogens (tertiary/aromatic N) is 2. The highest BCUT2D eigenvalue weighted by Gasteiger charge is 2.59. The number of Topliss-reactive ketones (excluding diaryl/α,β-unsaturated/α-hetero) is 4. The molecule has 32 nitrogen and oxygen atoms in total. The van der Waals surface area contributed by atoms with Gasteiger partial charge < -0.3 is 108 Å². The van der Waals surface area contributed by atoms with Gasteiger partial charge in [-0.2, -0.15) is 0 Å². The summed E-state index contributed by atoms with van der Waals surface area (Å²) in [6, 6.07) is 4.61. The van der Waals surface area contributed by atoms with Crippen molar-refractivity contribution in [3.8, 4) is 0 Å². The molecule has 6 heterocycles. The van der Waals surface area contributed by atoms with Gasteiger partial charge in [-0.3, -0.25) is 28.8 Å². The van der Waals surface area contributed by atoms with E-state index in [9.17, 15) is 78.6 Å². The number of carbonyl (C=O) groups excluding carboxylic acids is 10. The monoisotopic (exact) mass is 1830 g/mol. The minimum atomic E-state index is -2.61. The summed E-state index contributed by atoms with van der Waals surface area (Å²) in [6.45, 7) is 18.0. The van der Waals surface area contributed by atoms with E-state index in [4.69, 9.17) is 56.8 Å². The maximum absolute atomic E-state index is 14.8. The maximum atomic E-state index is 14.8. The second kappa shape index (κ2) is 49.8. The van der Waals surface area contributed by atoms with Crippen LogP contribution >= 0.6 is 0 Å². The number of ether oxygens (including phenoxy) is 12. The lowest BCUT2D eigenvalue weighted by molar-refractivity contribution is -0.302. The van der Waals surface area contributed by atoms with Crippen LogP contribution in [0.3, 0.4) is 0 Å². The lowest BCUT2D eigenvalue weighted by Gasteiger charge is -2.47. The molecule has 8 N–H and O–H groups in total. The van der Waals surface area contributed by atoms with Crippen LogP contribution in [0.4, 0.5) is 9.59 Å². The van der Waals surface area contributed by atoms with Crippen molar-refractivity contribution >= 4 is 59.1 Å². The van der Waals surface area contributed by atoms with Gasteiger partial charge in [-0.25, -0.2) is 19.2 Å². The Balaban J connectivity index is 0.829. The summed E-state index contributed by atoms with van der Waals surface area (Å²) >= 11 is 0. The highest BCUT2D eigenvalue weighted by molar-refractivity contribution is 6.39. The number of benzene rings is 1. The minimum absolute atomic E-state index is 0.0110. The molecule has 8 aliphatic rings. The zero-order valence-electron chi connectivity index (χ0n) is 79.4. The zero-order chi connectivity index (χ0) is 95.2. The van der Waals surface area contributed by atoms with Gasteiger partial charge in [-0.1, -0.05) is 104 Å². The summed E-state index contributed by atoms with van der Waals surface area (Å²) in [5.74, 6) is -16.9. The average Bonchev–Trinajstić information content (AvgIpc) is 0.776. The number of carbonyl (C=O) groups is 10. The molecule has 6 fully saturated rings. The molecular formula is C98H150N4O28. The largest absolute Gasteiger partial charge is 0.456 e. The highest BCUT2D eigenvalue weighted by atomic mass is 16.7. The summed E-state index contributed by atoms with van der Waals surface area (Å²) in [5, 5.41) is 76.1. The average molecular weight is 1830 g/mol. The number of ketones is 4. The minimum Gasteiger partial charge on any atom is -0.456 e. The molecule has 6 unspecified atom stereocenters. The molecule has 32 heteroatoms. The number of nitrogens with one attached hydrogen (secondary N) is 2. The Bertz CT molecular complexity index is 3830. The molecule has 0 aromatic heterocycles. The van der Waals surface area contributed by atoms with Crippen LogP contribution in [0.25, 0.3) is 0 Å². The number of cyclic esters (lactones) is 2. The molecule has 4 saturated heterocycles. The third kappa shape index (κ3) is 28.0. The van der Waals surface area contributed by atoms with E-state index in [0.29, 0.717) is 123 Å². The van der Waals surface area contributed by atoms with Gasteiger partial charge >= 0.3 is 24.1 Å². The summed E-state index contributed by atoms with van der Waals surface area (Å²) in [5.41, 5.74) is 3.32. The molecule has 4 amide bonds. The number of esters is 2. The molecule has 9 rings (SSSR count). The van der Waals surface area contributed by atoms with Crippen molar-refractivity contribution in [2.75, 3.05) is 69.0 Å². The van der Waals surface area contributed by atoms with Gasteiger partial charge in [-0.15, -0.1) is 0 Å². The highest BCUT2D eigenvalue weighted by Crippen LogP contribution is 2.43. The topological polar surface area (TPSA) is 433 Å². The van der Waals surface area contributed by atoms with E-state index in [1.54, 1.807) is 65.8 Å². The smallest absolute Gasteiger partial charge is 0.407 e. The first kappa shape index (κ1) is 106. The van der Waals surface area contributed by atoms with E-state index in [2.05, 4.69) is 10.6 Å². The van der Waals surface area contributed by atoms with Crippen LogP contribution in [0, 0.1) is 59.2 Å². The predicted molar refractivity (Wildman–Crippen MR) is 477 cm³/mol. The number of allylic oxidation sites excluding steroid dienone is 6. The number of amides is 4. The van der Waals surface area contributed by atoms with Crippen LogP contribution in [0.2, 0.25) is 0 Å². The van der Waals surface area contributed by atoms with Gasteiger partial charge in [0, 0.05) is 105 Å². The van der Waals surface area contributed by atoms with Crippen molar-refractivity contribution in [3.05, 3.63) is 82.0 Å². The van der Waals surface area contributed by atoms with Crippen molar-refractivity contribution in [1.29, 1.82) is 0 Å². The van der Waals surface area contributed by atoms with Crippen LogP contribution < -0.4 is 10.6 Å². The second-order valence-corrected chi connectivity index (χ2v) is 38.6. The quantitative estimate of drug-likeness (QED) is 0.0176. The van der Waals surface area contributed by atoms with Crippen molar-refractivity contribution in [2.45, 2.75) is 346 Å². The van der Waals surface area contributed by atoms with Crippen molar-refractivity contribution in [1.82, 2.24) is 20.4 Å². The summed E-state index contributed by atoms with van der Waals surface area (Å²) in [7, 11) is 9.03. The van der Waals surface area contributed by atoms with Crippen LogP contribution in [-0.4, -0.2) is 278 Å². The van der Waals surface area contributed by atoms with Crippen LogP contribution in [0.1, 0.15) is 234 Å². The Morgan fingerprint density at radius 1 is 0.454 bits per heavy atom. The summed E-state index contributed by atoms with van der Waals surface area (Å²) in [4.78, 5) is 146. The Morgan fingerprint density at radius 3 is 1.15 bits per heavy atom. The Hall–Kier alpha value is -7.28. The van der Waals surface area contributed by atoms with E-state index < -0.39 is 180 Å². The van der Waals surface area contributed by atoms with Gasteiger partial charge in [0.1, 0.15) is 36.5 Å².